The second-order valence-electron chi connectivity index (χ2n) is 6.01. The second kappa shape index (κ2) is 7.62. The molecular weight excluding hydrogens is 388 g/mol. The molecule has 0 N–H and O–H groups in total. The van der Waals surface area contributed by atoms with Gasteiger partial charge in [0.2, 0.25) is 5.82 Å². The van der Waals surface area contributed by atoms with Crippen LogP contribution < -0.4 is 0 Å². The highest BCUT2D eigenvalue weighted by atomic mass is 79.9. The monoisotopic (exact) mass is 404 g/mol. The molecule has 0 radical (unpaired) electrons. The molecule has 4 rings (SSSR count). The first kappa shape index (κ1) is 16.7. The number of rotatable bonds is 5. The van der Waals surface area contributed by atoms with Crippen molar-refractivity contribution in [1.29, 1.82) is 0 Å². The summed E-state index contributed by atoms with van der Waals surface area (Å²) in [7, 11) is 0. The molecule has 0 aliphatic carbocycles. The highest BCUT2D eigenvalue weighted by molar-refractivity contribution is 9.08. The number of alkyl halides is 1. The molecule has 128 valence electrons. The van der Waals surface area contributed by atoms with Gasteiger partial charge in [0.15, 0.2) is 0 Å². The molecule has 4 aromatic rings. The maximum Gasteiger partial charge on any atom is 0.205 e. The molecule has 0 unspecified atom stereocenters. The van der Waals surface area contributed by atoms with Gasteiger partial charge in [-0.1, -0.05) is 94.8 Å². The lowest BCUT2D eigenvalue weighted by molar-refractivity contribution is 0.573. The summed E-state index contributed by atoms with van der Waals surface area (Å²) < 4.78 is 0. The quantitative estimate of drug-likeness (QED) is 0.442. The van der Waals surface area contributed by atoms with Crippen LogP contribution in [-0.2, 0) is 11.9 Å². The number of aromatic nitrogens is 4. The third kappa shape index (κ3) is 3.58. The number of hydrogen-bond donors (Lipinski definition) is 0. The molecular formula is C21H17BrN4. The van der Waals surface area contributed by atoms with Crippen molar-refractivity contribution in [2.24, 2.45) is 0 Å². The van der Waals surface area contributed by atoms with E-state index in [1.165, 1.54) is 5.56 Å². The molecule has 0 bridgehead atoms. The first-order valence-corrected chi connectivity index (χ1v) is 9.52. The second-order valence-corrected chi connectivity index (χ2v) is 6.57. The molecule has 0 atom stereocenters. The Morgan fingerprint density at radius 1 is 0.731 bits per heavy atom. The van der Waals surface area contributed by atoms with E-state index in [1.54, 1.807) is 4.80 Å². The zero-order valence-electron chi connectivity index (χ0n) is 14.1. The molecule has 0 aliphatic rings. The van der Waals surface area contributed by atoms with Crippen molar-refractivity contribution in [2.45, 2.75) is 11.9 Å². The van der Waals surface area contributed by atoms with Gasteiger partial charge in [-0.05, 0) is 27.5 Å². The smallest absolute Gasteiger partial charge is 0.159 e. The van der Waals surface area contributed by atoms with Crippen LogP contribution >= 0.6 is 15.9 Å². The number of benzene rings is 3. The van der Waals surface area contributed by atoms with E-state index < -0.39 is 0 Å². The van der Waals surface area contributed by atoms with Crippen LogP contribution in [-0.4, -0.2) is 20.2 Å². The van der Waals surface area contributed by atoms with E-state index in [1.807, 2.05) is 36.4 Å². The first-order valence-electron chi connectivity index (χ1n) is 8.40. The predicted octanol–water partition coefficient (Wildman–Crippen LogP) is 4.95. The minimum atomic E-state index is 0.607. The summed E-state index contributed by atoms with van der Waals surface area (Å²) >= 11 is 3.49. The third-order valence-electron chi connectivity index (χ3n) is 4.21. The van der Waals surface area contributed by atoms with E-state index in [0.717, 1.165) is 27.6 Å². The Morgan fingerprint density at radius 2 is 1.42 bits per heavy atom. The minimum absolute atomic E-state index is 0.607. The molecule has 1 heterocycles. The molecule has 3 aromatic carbocycles. The molecule has 1 aromatic heterocycles. The normalized spacial score (nSPS) is 10.8. The van der Waals surface area contributed by atoms with Gasteiger partial charge in [0, 0.05) is 10.9 Å². The lowest BCUT2D eigenvalue weighted by atomic mass is 9.98. The molecule has 5 heteroatoms. The number of nitrogens with zero attached hydrogens (tertiary/aromatic N) is 4. The fourth-order valence-electron chi connectivity index (χ4n) is 2.87. The average Bonchev–Trinajstić information content (AvgIpc) is 3.17. The third-order valence-corrected chi connectivity index (χ3v) is 4.85. The van der Waals surface area contributed by atoms with Gasteiger partial charge in [0.25, 0.3) is 0 Å². The molecule has 0 saturated heterocycles. The fraction of sp³-hybridized carbons (Fsp3) is 0.0952. The van der Waals surface area contributed by atoms with Crippen molar-refractivity contribution in [3.05, 3.63) is 90.0 Å². The van der Waals surface area contributed by atoms with Gasteiger partial charge >= 0.3 is 0 Å². The maximum atomic E-state index is 4.58. The highest BCUT2D eigenvalue weighted by Crippen LogP contribution is 2.30. The lowest BCUT2D eigenvalue weighted by Gasteiger charge is -2.07. The van der Waals surface area contributed by atoms with Crippen molar-refractivity contribution < 1.29 is 0 Å². The fourth-order valence-corrected chi connectivity index (χ4v) is 3.24. The molecule has 0 amide bonds. The Labute approximate surface area is 160 Å². The Bertz CT molecular complexity index is 994. The van der Waals surface area contributed by atoms with Gasteiger partial charge in [-0.3, -0.25) is 0 Å². The molecule has 0 spiro atoms. The van der Waals surface area contributed by atoms with Crippen LogP contribution in [0.3, 0.4) is 0 Å². The van der Waals surface area contributed by atoms with Crippen LogP contribution in [0.1, 0.15) is 11.1 Å². The largest absolute Gasteiger partial charge is 0.205 e. The van der Waals surface area contributed by atoms with Crippen LogP contribution in [0.15, 0.2) is 78.9 Å². The summed E-state index contributed by atoms with van der Waals surface area (Å²) in [4.78, 5) is 1.63. The van der Waals surface area contributed by atoms with Crippen LogP contribution in [0.2, 0.25) is 0 Å². The standard InChI is InChI=1S/C21H17BrN4/c22-14-16-10-12-18(13-11-16)19-8-4-5-9-20(19)21-23-25-26(24-21)15-17-6-2-1-3-7-17/h1-13H,14-15H2. The van der Waals surface area contributed by atoms with E-state index in [-0.39, 0.29) is 0 Å². The predicted molar refractivity (Wildman–Crippen MR) is 107 cm³/mol. The zero-order chi connectivity index (χ0) is 17.8. The summed E-state index contributed by atoms with van der Waals surface area (Å²) in [6.07, 6.45) is 0. The van der Waals surface area contributed by atoms with Crippen LogP contribution in [0.25, 0.3) is 22.5 Å². The summed E-state index contributed by atoms with van der Waals surface area (Å²) in [5, 5.41) is 13.9. The number of hydrogen-bond acceptors (Lipinski definition) is 3. The summed E-state index contributed by atoms with van der Waals surface area (Å²) in [6, 6.07) is 26.8. The van der Waals surface area contributed by atoms with Crippen LogP contribution in [0.4, 0.5) is 0 Å². The Balaban J connectivity index is 1.66. The average molecular weight is 405 g/mol. The van der Waals surface area contributed by atoms with E-state index >= 15 is 0 Å². The lowest BCUT2D eigenvalue weighted by Crippen LogP contribution is -2.03. The first-order chi connectivity index (χ1) is 12.8. The van der Waals surface area contributed by atoms with Gasteiger partial charge < -0.3 is 0 Å². The minimum Gasteiger partial charge on any atom is -0.159 e. The van der Waals surface area contributed by atoms with Crippen molar-refractivity contribution in [2.75, 3.05) is 0 Å². The van der Waals surface area contributed by atoms with Crippen molar-refractivity contribution in [1.82, 2.24) is 20.2 Å². The molecule has 0 aliphatic heterocycles. The SMILES string of the molecule is BrCc1ccc(-c2ccccc2-c2nnn(Cc3ccccc3)n2)cc1. The summed E-state index contributed by atoms with van der Waals surface area (Å²) in [5.74, 6) is 0.640. The molecule has 0 fully saturated rings. The highest BCUT2D eigenvalue weighted by Gasteiger charge is 2.12. The Kier molecular flexibility index (Phi) is 4.88. The van der Waals surface area contributed by atoms with Crippen molar-refractivity contribution in [3.8, 4) is 22.5 Å². The maximum absolute atomic E-state index is 4.58. The van der Waals surface area contributed by atoms with E-state index in [9.17, 15) is 0 Å². The van der Waals surface area contributed by atoms with Crippen molar-refractivity contribution >= 4 is 15.9 Å². The summed E-state index contributed by atoms with van der Waals surface area (Å²) in [5.41, 5.74) is 5.63. The van der Waals surface area contributed by atoms with E-state index in [2.05, 4.69) is 73.8 Å². The van der Waals surface area contributed by atoms with Crippen molar-refractivity contribution in [3.63, 3.8) is 0 Å². The molecule has 0 saturated carbocycles. The van der Waals surface area contributed by atoms with Gasteiger partial charge in [-0.25, -0.2) is 0 Å². The topological polar surface area (TPSA) is 43.6 Å². The summed E-state index contributed by atoms with van der Waals surface area (Å²) in [6.45, 7) is 0.607. The van der Waals surface area contributed by atoms with Gasteiger partial charge in [0.1, 0.15) is 0 Å². The van der Waals surface area contributed by atoms with Crippen LogP contribution in [0, 0.1) is 0 Å². The van der Waals surface area contributed by atoms with Gasteiger partial charge in [0.05, 0.1) is 6.54 Å². The molecule has 4 nitrogen and oxygen atoms in total. The van der Waals surface area contributed by atoms with Gasteiger partial charge in [-0.2, -0.15) is 4.80 Å². The van der Waals surface area contributed by atoms with Crippen LogP contribution in [0.5, 0.6) is 0 Å². The van der Waals surface area contributed by atoms with Gasteiger partial charge in [-0.15, -0.1) is 10.2 Å². The Morgan fingerprint density at radius 3 is 2.15 bits per heavy atom. The molecule has 26 heavy (non-hydrogen) atoms. The zero-order valence-corrected chi connectivity index (χ0v) is 15.7. The Hall–Kier alpha value is -2.79. The van der Waals surface area contributed by atoms with E-state index in [0.29, 0.717) is 12.4 Å². The van der Waals surface area contributed by atoms with E-state index in [4.69, 9.17) is 0 Å². The number of halogens is 1. The number of tetrazole rings is 1.